The minimum absolute atomic E-state index is 0.360. The summed E-state index contributed by atoms with van der Waals surface area (Å²) in [5, 5.41) is 13.1. The number of nitrogens with zero attached hydrogens (tertiary/aromatic N) is 1. The third-order valence-corrected chi connectivity index (χ3v) is 4.99. The molecule has 0 aromatic rings. The largest absolute Gasteiger partial charge is 0.396 e. The monoisotopic (exact) mass is 252 g/mol. The first-order valence-corrected chi connectivity index (χ1v) is 7.96. The number of hydrogen-bond acceptors (Lipinski definition) is 3. The lowest BCUT2D eigenvalue weighted by Crippen LogP contribution is -2.52. The van der Waals surface area contributed by atoms with Crippen molar-refractivity contribution in [1.82, 2.24) is 10.2 Å². The number of aliphatic hydroxyl groups is 1. The first kappa shape index (κ1) is 12.9. The molecule has 2 N–H and O–H groups in total. The summed E-state index contributed by atoms with van der Waals surface area (Å²) in [6.45, 7) is 2.84. The Morgan fingerprint density at radius 2 is 1.78 bits per heavy atom. The SMILES string of the molecule is OCCC1CC(NC2CCCC2)CN(C2CC2)C1. The van der Waals surface area contributed by atoms with Crippen LogP contribution in [-0.2, 0) is 0 Å². The van der Waals surface area contributed by atoms with E-state index in [4.69, 9.17) is 0 Å². The van der Waals surface area contributed by atoms with Crippen LogP contribution in [-0.4, -0.2) is 47.8 Å². The van der Waals surface area contributed by atoms with Gasteiger partial charge in [0.2, 0.25) is 0 Å². The molecule has 2 aliphatic carbocycles. The van der Waals surface area contributed by atoms with Gasteiger partial charge in [0, 0.05) is 37.8 Å². The molecule has 2 atom stereocenters. The topological polar surface area (TPSA) is 35.5 Å². The van der Waals surface area contributed by atoms with Crippen LogP contribution < -0.4 is 5.32 Å². The lowest BCUT2D eigenvalue weighted by molar-refractivity contribution is 0.110. The van der Waals surface area contributed by atoms with Gasteiger partial charge in [-0.1, -0.05) is 12.8 Å². The Morgan fingerprint density at radius 3 is 2.44 bits per heavy atom. The van der Waals surface area contributed by atoms with Crippen molar-refractivity contribution in [3.63, 3.8) is 0 Å². The molecule has 0 amide bonds. The van der Waals surface area contributed by atoms with E-state index < -0.39 is 0 Å². The van der Waals surface area contributed by atoms with Crippen molar-refractivity contribution >= 4 is 0 Å². The Labute approximate surface area is 111 Å². The Morgan fingerprint density at radius 1 is 1.00 bits per heavy atom. The molecule has 0 aromatic heterocycles. The van der Waals surface area contributed by atoms with Crippen molar-refractivity contribution in [3.8, 4) is 0 Å². The maximum atomic E-state index is 9.19. The summed E-state index contributed by atoms with van der Waals surface area (Å²) in [5.74, 6) is 0.711. The van der Waals surface area contributed by atoms with Gasteiger partial charge in [0.05, 0.1) is 0 Å². The molecule has 18 heavy (non-hydrogen) atoms. The van der Waals surface area contributed by atoms with Gasteiger partial charge < -0.3 is 10.4 Å². The van der Waals surface area contributed by atoms with Crippen LogP contribution in [0.4, 0.5) is 0 Å². The second-order valence-corrected chi connectivity index (χ2v) is 6.64. The third-order valence-electron chi connectivity index (χ3n) is 4.99. The van der Waals surface area contributed by atoms with Crippen molar-refractivity contribution in [1.29, 1.82) is 0 Å². The molecule has 3 heteroatoms. The Hall–Kier alpha value is -0.120. The zero-order chi connectivity index (χ0) is 12.4. The second kappa shape index (κ2) is 5.89. The average molecular weight is 252 g/mol. The van der Waals surface area contributed by atoms with Crippen molar-refractivity contribution in [2.24, 2.45) is 5.92 Å². The Kier molecular flexibility index (Phi) is 4.22. The molecule has 1 saturated heterocycles. The first-order chi connectivity index (χ1) is 8.85. The summed E-state index contributed by atoms with van der Waals surface area (Å²) in [5.41, 5.74) is 0. The highest BCUT2D eigenvalue weighted by Gasteiger charge is 2.36. The molecular weight excluding hydrogens is 224 g/mol. The Balaban J connectivity index is 1.54. The Bertz CT molecular complexity index is 259. The number of likely N-dealkylation sites (tertiary alicyclic amines) is 1. The van der Waals surface area contributed by atoms with Crippen LogP contribution in [0.5, 0.6) is 0 Å². The van der Waals surface area contributed by atoms with E-state index in [-0.39, 0.29) is 0 Å². The molecule has 0 radical (unpaired) electrons. The van der Waals surface area contributed by atoms with Gasteiger partial charge >= 0.3 is 0 Å². The molecule has 2 unspecified atom stereocenters. The normalized spacial score (nSPS) is 35.2. The maximum Gasteiger partial charge on any atom is 0.0434 e. The fourth-order valence-electron chi connectivity index (χ4n) is 3.92. The van der Waals surface area contributed by atoms with Crippen LogP contribution in [0.1, 0.15) is 51.4 Å². The number of piperidine rings is 1. The van der Waals surface area contributed by atoms with Crippen LogP contribution in [0.25, 0.3) is 0 Å². The number of aliphatic hydroxyl groups excluding tert-OH is 1. The lowest BCUT2D eigenvalue weighted by atomic mass is 9.91. The second-order valence-electron chi connectivity index (χ2n) is 6.64. The van der Waals surface area contributed by atoms with Gasteiger partial charge in [-0.25, -0.2) is 0 Å². The molecule has 1 heterocycles. The maximum absolute atomic E-state index is 9.19. The van der Waals surface area contributed by atoms with E-state index >= 15 is 0 Å². The van der Waals surface area contributed by atoms with Gasteiger partial charge in [0.25, 0.3) is 0 Å². The van der Waals surface area contributed by atoms with E-state index in [1.54, 1.807) is 0 Å². The summed E-state index contributed by atoms with van der Waals surface area (Å²) in [4.78, 5) is 2.69. The van der Waals surface area contributed by atoms with Gasteiger partial charge in [0.1, 0.15) is 0 Å². The molecule has 0 spiro atoms. The van der Waals surface area contributed by atoms with Crippen LogP contribution in [0.3, 0.4) is 0 Å². The lowest BCUT2D eigenvalue weighted by Gasteiger charge is -2.39. The summed E-state index contributed by atoms with van der Waals surface area (Å²) < 4.78 is 0. The van der Waals surface area contributed by atoms with Crippen molar-refractivity contribution in [2.45, 2.75) is 69.5 Å². The van der Waals surface area contributed by atoms with E-state index in [2.05, 4.69) is 10.2 Å². The highest BCUT2D eigenvalue weighted by molar-refractivity contribution is 4.93. The van der Waals surface area contributed by atoms with Gasteiger partial charge in [-0.05, 0) is 44.4 Å². The molecule has 1 aliphatic heterocycles. The smallest absolute Gasteiger partial charge is 0.0434 e. The van der Waals surface area contributed by atoms with Gasteiger partial charge in [-0.15, -0.1) is 0 Å². The molecule has 3 fully saturated rings. The number of nitrogens with one attached hydrogen (secondary N) is 1. The van der Waals surface area contributed by atoms with Crippen molar-refractivity contribution < 1.29 is 5.11 Å². The molecule has 2 saturated carbocycles. The van der Waals surface area contributed by atoms with Gasteiger partial charge in [-0.2, -0.15) is 0 Å². The van der Waals surface area contributed by atoms with Crippen LogP contribution >= 0.6 is 0 Å². The van der Waals surface area contributed by atoms with Crippen LogP contribution in [0, 0.1) is 5.92 Å². The van der Waals surface area contributed by atoms with E-state index in [9.17, 15) is 5.11 Å². The highest BCUT2D eigenvalue weighted by atomic mass is 16.3. The summed E-state index contributed by atoms with van der Waals surface area (Å²) in [7, 11) is 0. The molecular formula is C15H28N2O. The predicted molar refractivity (Wildman–Crippen MR) is 73.6 cm³/mol. The molecule has 3 nitrogen and oxygen atoms in total. The molecule has 3 rings (SSSR count). The molecule has 104 valence electrons. The van der Waals surface area contributed by atoms with Gasteiger partial charge in [0.15, 0.2) is 0 Å². The van der Waals surface area contributed by atoms with Crippen molar-refractivity contribution in [2.75, 3.05) is 19.7 Å². The van der Waals surface area contributed by atoms with Crippen LogP contribution in [0.15, 0.2) is 0 Å². The number of rotatable bonds is 5. The van der Waals surface area contributed by atoms with Crippen molar-refractivity contribution in [3.05, 3.63) is 0 Å². The average Bonchev–Trinajstić information content (AvgIpc) is 3.09. The number of hydrogen-bond donors (Lipinski definition) is 2. The molecule has 3 aliphatic rings. The standard InChI is InChI=1S/C15H28N2O/c18-8-7-12-9-14(16-13-3-1-2-4-13)11-17(10-12)15-5-6-15/h12-16,18H,1-11H2. The van der Waals surface area contributed by atoms with Crippen LogP contribution in [0.2, 0.25) is 0 Å². The summed E-state index contributed by atoms with van der Waals surface area (Å²) in [6.07, 6.45) is 10.7. The molecule has 0 aromatic carbocycles. The zero-order valence-corrected chi connectivity index (χ0v) is 11.5. The quantitative estimate of drug-likeness (QED) is 0.782. The highest BCUT2D eigenvalue weighted by Crippen LogP contribution is 2.32. The van der Waals surface area contributed by atoms with Gasteiger partial charge in [-0.3, -0.25) is 4.90 Å². The third kappa shape index (κ3) is 3.25. The minimum atomic E-state index is 0.360. The van der Waals surface area contributed by atoms with E-state index in [0.717, 1.165) is 18.5 Å². The van der Waals surface area contributed by atoms with E-state index in [0.29, 0.717) is 18.6 Å². The van der Waals surface area contributed by atoms with E-state index in [1.165, 1.54) is 58.0 Å². The summed E-state index contributed by atoms with van der Waals surface area (Å²) in [6, 6.07) is 2.34. The minimum Gasteiger partial charge on any atom is -0.396 e. The first-order valence-electron chi connectivity index (χ1n) is 7.96. The zero-order valence-electron chi connectivity index (χ0n) is 11.5. The fraction of sp³-hybridized carbons (Fsp3) is 1.00. The van der Waals surface area contributed by atoms with E-state index in [1.807, 2.05) is 0 Å². The predicted octanol–water partition coefficient (Wildman–Crippen LogP) is 1.75. The fourth-order valence-corrected chi connectivity index (χ4v) is 3.92. The molecule has 0 bridgehead atoms. The summed E-state index contributed by atoms with van der Waals surface area (Å²) >= 11 is 0.